The fourth-order valence-electron chi connectivity index (χ4n) is 2.90. The van der Waals surface area contributed by atoms with E-state index in [2.05, 4.69) is 10.5 Å². The minimum atomic E-state index is -0.865. The monoisotopic (exact) mass is 497 g/mol. The Labute approximate surface area is 207 Å². The molecular weight excluding hydrogens is 474 g/mol. The molecule has 1 N–H and O–H groups in total. The summed E-state index contributed by atoms with van der Waals surface area (Å²) in [4.78, 5) is 22.5. The second-order valence-electron chi connectivity index (χ2n) is 7.30. The highest BCUT2D eigenvalue weighted by atomic mass is 35.5. The average Bonchev–Trinajstić information content (AvgIpc) is 2.85. The number of nitro groups is 1. The Bertz CT molecular complexity index is 1180. The number of amides is 1. The van der Waals surface area contributed by atoms with Crippen molar-refractivity contribution in [2.45, 2.75) is 26.6 Å². The lowest BCUT2D eigenvalue weighted by Gasteiger charge is -2.13. The number of carbonyl (C=O) groups excluding carboxylic acids is 1. The SMILES string of the molecule is CCOc1cc(/C=N\NC(=O)[C@H](C)Oc2ccc([N+](=O)[O-])cc2)ccc1OCc1ccc(Cl)cc1. The van der Waals surface area contributed by atoms with Gasteiger partial charge in [0.05, 0.1) is 17.7 Å². The molecule has 0 aliphatic heterocycles. The van der Waals surface area contributed by atoms with E-state index in [-0.39, 0.29) is 5.69 Å². The summed E-state index contributed by atoms with van der Waals surface area (Å²) in [6, 6.07) is 18.1. The number of carbonyl (C=O) groups is 1. The van der Waals surface area contributed by atoms with E-state index in [0.717, 1.165) is 5.56 Å². The molecule has 0 aliphatic rings. The van der Waals surface area contributed by atoms with E-state index in [1.807, 2.05) is 19.1 Å². The van der Waals surface area contributed by atoms with Crippen LogP contribution in [0.4, 0.5) is 5.69 Å². The first kappa shape index (κ1) is 25.5. The Morgan fingerprint density at radius 3 is 2.46 bits per heavy atom. The second kappa shape index (κ2) is 12.4. The van der Waals surface area contributed by atoms with E-state index in [0.29, 0.717) is 41.0 Å². The summed E-state index contributed by atoms with van der Waals surface area (Å²) >= 11 is 5.92. The predicted octanol–water partition coefficient (Wildman–Crippen LogP) is 5.14. The van der Waals surface area contributed by atoms with Crippen LogP contribution in [0.25, 0.3) is 0 Å². The number of hydrogen-bond acceptors (Lipinski definition) is 7. The van der Waals surface area contributed by atoms with E-state index >= 15 is 0 Å². The first-order chi connectivity index (χ1) is 16.9. The number of nitrogens with zero attached hydrogens (tertiary/aromatic N) is 2. The molecule has 3 rings (SSSR count). The van der Waals surface area contributed by atoms with Crippen LogP contribution in [0.5, 0.6) is 17.2 Å². The van der Waals surface area contributed by atoms with Crippen LogP contribution < -0.4 is 19.6 Å². The fourth-order valence-corrected chi connectivity index (χ4v) is 3.03. The number of halogens is 1. The number of hydrogen-bond donors (Lipinski definition) is 1. The molecular formula is C25H24ClN3O6. The zero-order valence-electron chi connectivity index (χ0n) is 19.1. The summed E-state index contributed by atoms with van der Waals surface area (Å²) in [7, 11) is 0. The lowest BCUT2D eigenvalue weighted by atomic mass is 10.2. The quantitative estimate of drug-likeness (QED) is 0.223. The van der Waals surface area contributed by atoms with Gasteiger partial charge in [-0.05, 0) is 67.4 Å². The maximum absolute atomic E-state index is 12.3. The minimum absolute atomic E-state index is 0.0631. The molecule has 0 heterocycles. The van der Waals surface area contributed by atoms with Crippen molar-refractivity contribution in [1.82, 2.24) is 5.43 Å². The van der Waals surface area contributed by atoms with Crippen LogP contribution in [-0.4, -0.2) is 29.8 Å². The molecule has 10 heteroatoms. The Morgan fingerprint density at radius 2 is 1.80 bits per heavy atom. The first-order valence-corrected chi connectivity index (χ1v) is 11.1. The molecule has 0 unspecified atom stereocenters. The maximum atomic E-state index is 12.3. The topological polar surface area (TPSA) is 112 Å². The number of rotatable bonds is 11. The molecule has 182 valence electrons. The second-order valence-corrected chi connectivity index (χ2v) is 7.74. The lowest BCUT2D eigenvalue weighted by Crippen LogP contribution is -2.33. The van der Waals surface area contributed by atoms with Crippen molar-refractivity contribution in [1.29, 1.82) is 0 Å². The highest BCUT2D eigenvalue weighted by Gasteiger charge is 2.15. The molecule has 0 aromatic heterocycles. The van der Waals surface area contributed by atoms with E-state index in [1.54, 1.807) is 37.3 Å². The largest absolute Gasteiger partial charge is 0.490 e. The van der Waals surface area contributed by atoms with Gasteiger partial charge in [0.2, 0.25) is 0 Å². The number of non-ortho nitro benzene ring substituents is 1. The molecule has 1 amide bonds. The summed E-state index contributed by atoms with van der Waals surface area (Å²) in [5.74, 6) is 0.977. The zero-order chi connectivity index (χ0) is 25.2. The molecule has 1 atom stereocenters. The molecule has 0 spiro atoms. The number of hydrazone groups is 1. The van der Waals surface area contributed by atoms with Crippen LogP contribution in [0.1, 0.15) is 25.0 Å². The lowest BCUT2D eigenvalue weighted by molar-refractivity contribution is -0.384. The number of nitro benzene ring substituents is 1. The van der Waals surface area contributed by atoms with Crippen molar-refractivity contribution in [3.05, 3.63) is 93.0 Å². The van der Waals surface area contributed by atoms with Crippen LogP contribution in [0, 0.1) is 10.1 Å². The number of nitrogens with one attached hydrogen (secondary N) is 1. The molecule has 0 saturated carbocycles. The third-order valence-electron chi connectivity index (χ3n) is 4.69. The van der Waals surface area contributed by atoms with Gasteiger partial charge in [-0.1, -0.05) is 23.7 Å². The Balaban J connectivity index is 1.56. The van der Waals surface area contributed by atoms with Gasteiger partial charge in [-0.2, -0.15) is 5.10 Å². The Hall–Kier alpha value is -4.11. The van der Waals surface area contributed by atoms with Crippen LogP contribution in [0.15, 0.2) is 71.8 Å². The molecule has 35 heavy (non-hydrogen) atoms. The van der Waals surface area contributed by atoms with Crippen molar-refractivity contribution in [2.24, 2.45) is 5.10 Å². The molecule has 0 fully saturated rings. The normalized spacial score (nSPS) is 11.6. The Morgan fingerprint density at radius 1 is 1.09 bits per heavy atom. The molecule has 9 nitrogen and oxygen atoms in total. The zero-order valence-corrected chi connectivity index (χ0v) is 19.9. The van der Waals surface area contributed by atoms with Crippen LogP contribution in [0.2, 0.25) is 5.02 Å². The van der Waals surface area contributed by atoms with Crippen molar-refractivity contribution < 1.29 is 23.9 Å². The van der Waals surface area contributed by atoms with Crippen molar-refractivity contribution in [2.75, 3.05) is 6.61 Å². The van der Waals surface area contributed by atoms with Crippen LogP contribution in [0.3, 0.4) is 0 Å². The minimum Gasteiger partial charge on any atom is -0.490 e. The molecule has 0 radical (unpaired) electrons. The van der Waals surface area contributed by atoms with Gasteiger partial charge in [-0.3, -0.25) is 14.9 Å². The molecule has 3 aromatic rings. The third-order valence-corrected chi connectivity index (χ3v) is 4.95. The van der Waals surface area contributed by atoms with Crippen LogP contribution in [-0.2, 0) is 11.4 Å². The van der Waals surface area contributed by atoms with E-state index in [4.69, 9.17) is 25.8 Å². The molecule has 0 bridgehead atoms. The van der Waals surface area contributed by atoms with Gasteiger partial charge < -0.3 is 14.2 Å². The molecule has 3 aromatic carbocycles. The van der Waals surface area contributed by atoms with Gasteiger partial charge in [0.25, 0.3) is 11.6 Å². The summed E-state index contributed by atoms with van der Waals surface area (Å²) in [6.07, 6.45) is 0.610. The van der Waals surface area contributed by atoms with E-state index < -0.39 is 16.9 Å². The summed E-state index contributed by atoms with van der Waals surface area (Å²) in [5.41, 5.74) is 4.01. The number of ether oxygens (including phenoxy) is 3. The van der Waals surface area contributed by atoms with E-state index in [1.165, 1.54) is 30.5 Å². The maximum Gasteiger partial charge on any atom is 0.280 e. The summed E-state index contributed by atoms with van der Waals surface area (Å²) in [5, 5.41) is 15.4. The molecule has 0 aliphatic carbocycles. The van der Waals surface area contributed by atoms with E-state index in [9.17, 15) is 14.9 Å². The van der Waals surface area contributed by atoms with Gasteiger partial charge in [0.1, 0.15) is 12.4 Å². The third kappa shape index (κ3) is 7.72. The fraction of sp³-hybridized carbons (Fsp3) is 0.200. The van der Waals surface area contributed by atoms with Gasteiger partial charge in [0.15, 0.2) is 17.6 Å². The summed E-state index contributed by atoms with van der Waals surface area (Å²) in [6.45, 7) is 4.22. The smallest absolute Gasteiger partial charge is 0.280 e. The Kier molecular flexibility index (Phi) is 9.02. The van der Waals surface area contributed by atoms with Gasteiger partial charge >= 0.3 is 0 Å². The highest BCUT2D eigenvalue weighted by molar-refractivity contribution is 6.30. The van der Waals surface area contributed by atoms with Gasteiger partial charge in [0, 0.05) is 17.2 Å². The summed E-state index contributed by atoms with van der Waals surface area (Å²) < 4.78 is 17.1. The first-order valence-electron chi connectivity index (χ1n) is 10.7. The van der Waals surface area contributed by atoms with Crippen molar-refractivity contribution >= 4 is 29.4 Å². The van der Waals surface area contributed by atoms with Gasteiger partial charge in [-0.15, -0.1) is 0 Å². The predicted molar refractivity (Wildman–Crippen MR) is 132 cm³/mol. The van der Waals surface area contributed by atoms with Crippen molar-refractivity contribution in [3.63, 3.8) is 0 Å². The van der Waals surface area contributed by atoms with Crippen LogP contribution >= 0.6 is 11.6 Å². The standard InChI is InChI=1S/C25H24ClN3O6/c1-3-33-24-14-19(6-13-23(24)34-16-18-4-7-20(26)8-5-18)15-27-28-25(30)17(2)35-22-11-9-21(10-12-22)29(31)32/h4-15,17H,3,16H2,1-2H3,(H,28,30)/b27-15-/t17-/m0/s1. The van der Waals surface area contributed by atoms with Crippen molar-refractivity contribution in [3.8, 4) is 17.2 Å². The highest BCUT2D eigenvalue weighted by Crippen LogP contribution is 2.29. The van der Waals surface area contributed by atoms with Gasteiger partial charge in [-0.25, -0.2) is 5.43 Å². The molecule has 0 saturated heterocycles. The average molecular weight is 498 g/mol. The number of benzene rings is 3.